The quantitative estimate of drug-likeness (QED) is 0.888. The van der Waals surface area contributed by atoms with Gasteiger partial charge in [-0.1, -0.05) is 0 Å². The Morgan fingerprint density at radius 2 is 2.54 bits per heavy atom. The van der Waals surface area contributed by atoms with Crippen molar-refractivity contribution in [1.82, 2.24) is 0 Å². The Morgan fingerprint density at radius 1 is 1.69 bits per heavy atom. The normalized spacial score (nSPS) is 24.9. The predicted molar refractivity (Wildman–Crippen MR) is 55.9 cm³/mol. The number of ether oxygens (including phenoxy) is 1. The lowest BCUT2D eigenvalue weighted by molar-refractivity contribution is 0.0944. The first-order valence-corrected chi connectivity index (χ1v) is 5.94. The fourth-order valence-corrected chi connectivity index (χ4v) is 3.04. The summed E-state index contributed by atoms with van der Waals surface area (Å²) in [6, 6.07) is 1.98. The molecule has 1 aliphatic heterocycles. The van der Waals surface area contributed by atoms with Gasteiger partial charge in [-0.05, 0) is 28.4 Å². The summed E-state index contributed by atoms with van der Waals surface area (Å²) in [6.07, 6.45) is 0.621. The van der Waals surface area contributed by atoms with Crippen LogP contribution in [0.4, 0.5) is 0 Å². The third-order valence-electron chi connectivity index (χ3n) is 2.29. The first-order chi connectivity index (χ1) is 6.27. The molecule has 1 aromatic heterocycles. The van der Waals surface area contributed by atoms with E-state index in [4.69, 9.17) is 4.74 Å². The van der Waals surface area contributed by atoms with E-state index in [0.717, 1.165) is 22.4 Å². The van der Waals surface area contributed by atoms with Crippen LogP contribution < -0.4 is 0 Å². The maximum Gasteiger partial charge on any atom is 0.0933 e. The highest BCUT2D eigenvalue weighted by Crippen LogP contribution is 2.33. The molecule has 1 aliphatic rings. The Balaban J connectivity index is 2.07. The summed E-state index contributed by atoms with van der Waals surface area (Å²) >= 11 is 4.97. The molecule has 2 heterocycles. The number of halogens is 1. The highest BCUT2D eigenvalue weighted by atomic mass is 79.9. The fraction of sp³-hybridized carbons (Fsp3) is 0.556. The maximum absolute atomic E-state index is 9.94. The van der Waals surface area contributed by atoms with Crippen LogP contribution in [-0.2, 0) is 4.74 Å². The topological polar surface area (TPSA) is 29.5 Å². The van der Waals surface area contributed by atoms with Crippen molar-refractivity contribution < 1.29 is 9.84 Å². The van der Waals surface area contributed by atoms with Gasteiger partial charge in [0.15, 0.2) is 0 Å². The molecule has 0 saturated carbocycles. The second-order valence-corrected chi connectivity index (χ2v) is 5.09. The molecular weight excluding hydrogens is 252 g/mol. The van der Waals surface area contributed by atoms with Gasteiger partial charge in [-0.15, -0.1) is 11.3 Å². The summed E-state index contributed by atoms with van der Waals surface area (Å²) in [5, 5.41) is 11.9. The molecule has 0 amide bonds. The number of aliphatic hydroxyl groups excluding tert-OH is 1. The van der Waals surface area contributed by atoms with E-state index in [0.29, 0.717) is 6.61 Å². The monoisotopic (exact) mass is 262 g/mol. The van der Waals surface area contributed by atoms with Gasteiger partial charge in [0.25, 0.3) is 0 Å². The van der Waals surface area contributed by atoms with Crippen molar-refractivity contribution in [2.24, 2.45) is 5.92 Å². The molecule has 2 atom stereocenters. The van der Waals surface area contributed by atoms with E-state index in [1.54, 1.807) is 11.3 Å². The molecule has 0 bridgehead atoms. The van der Waals surface area contributed by atoms with E-state index in [-0.39, 0.29) is 12.0 Å². The van der Waals surface area contributed by atoms with Crippen molar-refractivity contribution in [1.29, 1.82) is 0 Å². The summed E-state index contributed by atoms with van der Waals surface area (Å²) in [5.74, 6) is 0.283. The van der Waals surface area contributed by atoms with Crippen molar-refractivity contribution in [3.8, 4) is 0 Å². The first kappa shape index (κ1) is 9.65. The van der Waals surface area contributed by atoms with Crippen LogP contribution in [-0.4, -0.2) is 18.3 Å². The molecule has 1 aromatic rings. The molecule has 0 radical (unpaired) electrons. The Kier molecular flexibility index (Phi) is 3.03. The third kappa shape index (κ3) is 2.13. The zero-order chi connectivity index (χ0) is 9.26. The Hall–Kier alpha value is 0.1000. The zero-order valence-corrected chi connectivity index (χ0v) is 9.47. The summed E-state index contributed by atoms with van der Waals surface area (Å²) in [4.78, 5) is 1.03. The maximum atomic E-state index is 9.94. The Morgan fingerprint density at radius 3 is 3.08 bits per heavy atom. The zero-order valence-electron chi connectivity index (χ0n) is 7.07. The van der Waals surface area contributed by atoms with Crippen LogP contribution in [0, 0.1) is 5.92 Å². The van der Waals surface area contributed by atoms with Crippen molar-refractivity contribution in [3.05, 3.63) is 20.8 Å². The number of hydrogen-bond donors (Lipinski definition) is 1. The second-order valence-electron chi connectivity index (χ2n) is 3.24. The number of thiophene rings is 1. The van der Waals surface area contributed by atoms with Crippen molar-refractivity contribution in [2.75, 3.05) is 13.2 Å². The van der Waals surface area contributed by atoms with E-state index in [1.165, 1.54) is 0 Å². The van der Waals surface area contributed by atoms with Gasteiger partial charge in [0, 0.05) is 27.3 Å². The van der Waals surface area contributed by atoms with Crippen LogP contribution in [0.15, 0.2) is 15.9 Å². The minimum absolute atomic E-state index is 0.283. The van der Waals surface area contributed by atoms with Crippen LogP contribution in [0.3, 0.4) is 0 Å². The molecule has 2 rings (SSSR count). The number of aliphatic hydroxyl groups is 1. The molecule has 13 heavy (non-hydrogen) atoms. The highest BCUT2D eigenvalue weighted by molar-refractivity contribution is 9.10. The standard InChI is InChI=1S/C9H11BrO2S/c10-7-3-8(13-5-7)9(11)6-1-2-12-4-6/h3,5-6,9,11H,1-2,4H2. The number of rotatable bonds is 2. The average molecular weight is 263 g/mol. The second kappa shape index (κ2) is 4.09. The summed E-state index contributed by atoms with van der Waals surface area (Å²) in [7, 11) is 0. The van der Waals surface area contributed by atoms with Crippen LogP contribution in [0.2, 0.25) is 0 Å². The van der Waals surface area contributed by atoms with Crippen LogP contribution in [0.1, 0.15) is 17.4 Å². The first-order valence-electron chi connectivity index (χ1n) is 4.27. The lowest BCUT2D eigenvalue weighted by Crippen LogP contribution is -2.10. The predicted octanol–water partition coefficient (Wildman–Crippen LogP) is 2.58. The molecule has 1 saturated heterocycles. The fourth-order valence-electron chi connectivity index (χ4n) is 1.52. The lowest BCUT2D eigenvalue weighted by atomic mass is 10.0. The van der Waals surface area contributed by atoms with Gasteiger partial charge < -0.3 is 9.84 Å². The molecule has 72 valence electrons. The largest absolute Gasteiger partial charge is 0.387 e. The van der Waals surface area contributed by atoms with Gasteiger partial charge in [-0.25, -0.2) is 0 Å². The minimum Gasteiger partial charge on any atom is -0.387 e. The third-order valence-corrected chi connectivity index (χ3v) is 4.05. The SMILES string of the molecule is OC(c1cc(Br)cs1)C1CCOC1. The van der Waals surface area contributed by atoms with Gasteiger partial charge in [0.05, 0.1) is 12.7 Å². The Labute approximate surface area is 89.7 Å². The molecule has 0 spiro atoms. The highest BCUT2D eigenvalue weighted by Gasteiger charge is 2.26. The van der Waals surface area contributed by atoms with Gasteiger partial charge in [-0.2, -0.15) is 0 Å². The lowest BCUT2D eigenvalue weighted by Gasteiger charge is -2.13. The molecule has 0 aromatic carbocycles. The van der Waals surface area contributed by atoms with E-state index in [1.807, 2.05) is 11.4 Å². The summed E-state index contributed by atoms with van der Waals surface area (Å²) < 4.78 is 6.29. The molecule has 4 heteroatoms. The summed E-state index contributed by atoms with van der Waals surface area (Å²) in [5.41, 5.74) is 0. The molecule has 2 nitrogen and oxygen atoms in total. The van der Waals surface area contributed by atoms with E-state index in [9.17, 15) is 5.11 Å². The molecule has 2 unspecified atom stereocenters. The van der Waals surface area contributed by atoms with Gasteiger partial charge in [0.2, 0.25) is 0 Å². The summed E-state index contributed by atoms with van der Waals surface area (Å²) in [6.45, 7) is 1.48. The molecule has 1 N–H and O–H groups in total. The van der Waals surface area contributed by atoms with E-state index >= 15 is 0 Å². The smallest absolute Gasteiger partial charge is 0.0933 e. The van der Waals surface area contributed by atoms with Gasteiger partial charge >= 0.3 is 0 Å². The van der Waals surface area contributed by atoms with Gasteiger partial charge in [0.1, 0.15) is 0 Å². The molecule has 0 aliphatic carbocycles. The Bertz CT molecular complexity index is 281. The van der Waals surface area contributed by atoms with Gasteiger partial charge in [-0.3, -0.25) is 0 Å². The van der Waals surface area contributed by atoms with Crippen molar-refractivity contribution in [3.63, 3.8) is 0 Å². The van der Waals surface area contributed by atoms with Crippen LogP contribution >= 0.6 is 27.3 Å². The molecule has 1 fully saturated rings. The van der Waals surface area contributed by atoms with Crippen molar-refractivity contribution in [2.45, 2.75) is 12.5 Å². The van der Waals surface area contributed by atoms with Crippen LogP contribution in [0.5, 0.6) is 0 Å². The van der Waals surface area contributed by atoms with Crippen LogP contribution in [0.25, 0.3) is 0 Å². The van der Waals surface area contributed by atoms with Crippen molar-refractivity contribution >= 4 is 27.3 Å². The number of hydrogen-bond acceptors (Lipinski definition) is 3. The minimum atomic E-state index is -0.348. The molecular formula is C9H11BrO2S. The van der Waals surface area contributed by atoms with E-state index < -0.39 is 0 Å². The van der Waals surface area contributed by atoms with E-state index in [2.05, 4.69) is 15.9 Å². The average Bonchev–Trinajstić information content (AvgIpc) is 2.72.